The Bertz CT molecular complexity index is 976. The van der Waals surface area contributed by atoms with E-state index in [1.54, 1.807) is 24.3 Å². The number of rotatable bonds is 11. The zero-order valence-electron chi connectivity index (χ0n) is 16.6. The number of hydrogen-bond donors (Lipinski definition) is 1. The van der Waals surface area contributed by atoms with E-state index in [1.807, 2.05) is 6.07 Å². The predicted molar refractivity (Wildman–Crippen MR) is 111 cm³/mol. The Kier molecular flexibility index (Phi) is 8.91. The fourth-order valence-electron chi connectivity index (χ4n) is 2.74. The molecule has 0 aliphatic rings. The number of nitriles is 1. The van der Waals surface area contributed by atoms with Crippen LogP contribution in [0, 0.1) is 27.3 Å². The van der Waals surface area contributed by atoms with Crippen LogP contribution >= 0.6 is 0 Å². The van der Waals surface area contributed by atoms with E-state index in [1.165, 1.54) is 24.3 Å². The first kappa shape index (κ1) is 23.3. The van der Waals surface area contributed by atoms with E-state index in [2.05, 4.69) is 5.32 Å². The third kappa shape index (κ3) is 7.08. The standard InChI is InChI=1S/C21H21FN4O5/c22-16-7-1-3-9-18(16)25(14-6-12-23)20(27)15-31-21(28)11-5-13-24-17-8-2-4-10-19(17)26(29)30/h1-4,7-10,24H,5-6,11,13-15H2. The summed E-state index contributed by atoms with van der Waals surface area (Å²) < 4.78 is 19.0. The molecule has 2 rings (SSSR count). The number of nitrogens with zero attached hydrogens (tertiary/aromatic N) is 3. The molecule has 0 atom stereocenters. The lowest BCUT2D eigenvalue weighted by Gasteiger charge is -2.22. The van der Waals surface area contributed by atoms with Crippen LogP contribution in [0.2, 0.25) is 0 Å². The molecule has 2 aromatic rings. The molecule has 162 valence electrons. The Morgan fingerprint density at radius 1 is 1.19 bits per heavy atom. The van der Waals surface area contributed by atoms with Gasteiger partial charge in [0.15, 0.2) is 6.61 Å². The molecule has 0 radical (unpaired) electrons. The zero-order valence-corrected chi connectivity index (χ0v) is 16.6. The predicted octanol–water partition coefficient (Wildman–Crippen LogP) is 3.42. The summed E-state index contributed by atoms with van der Waals surface area (Å²) in [7, 11) is 0. The molecular weight excluding hydrogens is 407 g/mol. The SMILES string of the molecule is N#CCCN(C(=O)COC(=O)CCCNc1ccccc1[N+](=O)[O-])c1ccccc1F. The number of esters is 1. The smallest absolute Gasteiger partial charge is 0.306 e. The number of benzene rings is 2. The van der Waals surface area contributed by atoms with E-state index in [-0.39, 0.29) is 37.3 Å². The van der Waals surface area contributed by atoms with Crippen LogP contribution < -0.4 is 10.2 Å². The third-order valence-electron chi connectivity index (χ3n) is 4.22. The molecule has 1 amide bonds. The number of nitro benzene ring substituents is 1. The number of anilines is 2. The van der Waals surface area contributed by atoms with Crippen molar-refractivity contribution in [2.45, 2.75) is 19.3 Å². The molecule has 0 unspecified atom stereocenters. The van der Waals surface area contributed by atoms with Crippen LogP contribution in [0.1, 0.15) is 19.3 Å². The largest absolute Gasteiger partial charge is 0.456 e. The lowest BCUT2D eigenvalue weighted by molar-refractivity contribution is -0.384. The van der Waals surface area contributed by atoms with Gasteiger partial charge in [0.25, 0.3) is 11.6 Å². The van der Waals surface area contributed by atoms with Gasteiger partial charge in [0.2, 0.25) is 0 Å². The van der Waals surface area contributed by atoms with E-state index in [9.17, 15) is 24.1 Å². The molecule has 2 aromatic carbocycles. The van der Waals surface area contributed by atoms with Crippen molar-refractivity contribution in [3.05, 3.63) is 64.5 Å². The average molecular weight is 428 g/mol. The Morgan fingerprint density at radius 3 is 2.61 bits per heavy atom. The summed E-state index contributed by atoms with van der Waals surface area (Å²) in [6.07, 6.45) is 0.300. The maximum atomic E-state index is 14.0. The van der Waals surface area contributed by atoms with Crippen molar-refractivity contribution >= 4 is 28.9 Å². The summed E-state index contributed by atoms with van der Waals surface area (Å²) >= 11 is 0. The fourth-order valence-corrected chi connectivity index (χ4v) is 2.74. The van der Waals surface area contributed by atoms with Crippen molar-refractivity contribution in [1.29, 1.82) is 5.26 Å². The first-order valence-corrected chi connectivity index (χ1v) is 9.48. The lowest BCUT2D eigenvalue weighted by atomic mass is 10.2. The molecule has 0 aliphatic carbocycles. The van der Waals surface area contributed by atoms with Gasteiger partial charge >= 0.3 is 5.97 Å². The van der Waals surface area contributed by atoms with Crippen molar-refractivity contribution in [3.63, 3.8) is 0 Å². The summed E-state index contributed by atoms with van der Waals surface area (Å²) in [6.45, 7) is -0.332. The van der Waals surface area contributed by atoms with Crippen LogP contribution in [-0.4, -0.2) is 36.5 Å². The van der Waals surface area contributed by atoms with Gasteiger partial charge in [-0.15, -0.1) is 0 Å². The molecule has 0 aromatic heterocycles. The van der Waals surface area contributed by atoms with Gasteiger partial charge in [-0.25, -0.2) is 4.39 Å². The Balaban J connectivity index is 1.81. The summed E-state index contributed by atoms with van der Waals surface area (Å²) in [5.74, 6) is -1.90. The molecule has 0 bridgehead atoms. The van der Waals surface area contributed by atoms with Gasteiger partial charge in [-0.1, -0.05) is 24.3 Å². The van der Waals surface area contributed by atoms with Crippen molar-refractivity contribution in [1.82, 2.24) is 0 Å². The highest BCUT2D eigenvalue weighted by molar-refractivity contribution is 5.95. The van der Waals surface area contributed by atoms with Gasteiger partial charge in [-0.3, -0.25) is 19.7 Å². The molecule has 1 N–H and O–H groups in total. The number of carbonyl (C=O) groups is 2. The number of nitrogens with one attached hydrogen (secondary N) is 1. The second-order valence-corrected chi connectivity index (χ2v) is 6.37. The maximum absolute atomic E-state index is 14.0. The quantitative estimate of drug-likeness (QED) is 0.251. The summed E-state index contributed by atoms with van der Waals surface area (Å²) in [5.41, 5.74) is 0.280. The van der Waals surface area contributed by atoms with Gasteiger partial charge in [-0.2, -0.15) is 5.26 Å². The number of ether oxygens (including phenoxy) is 1. The minimum absolute atomic E-state index is 0.00690. The number of carbonyl (C=O) groups excluding carboxylic acids is 2. The molecule has 10 heteroatoms. The van der Waals surface area contributed by atoms with Gasteiger partial charge < -0.3 is 15.0 Å². The highest BCUT2D eigenvalue weighted by Crippen LogP contribution is 2.23. The van der Waals surface area contributed by atoms with E-state index in [4.69, 9.17) is 10.00 Å². The second kappa shape index (κ2) is 11.9. The maximum Gasteiger partial charge on any atom is 0.306 e. The van der Waals surface area contributed by atoms with Crippen molar-refractivity contribution in [2.24, 2.45) is 0 Å². The number of halogens is 1. The van der Waals surface area contributed by atoms with Gasteiger partial charge in [0, 0.05) is 25.6 Å². The number of para-hydroxylation sites is 3. The first-order chi connectivity index (χ1) is 14.9. The van der Waals surface area contributed by atoms with Crippen molar-refractivity contribution in [2.75, 3.05) is 29.9 Å². The Hall–Kier alpha value is -4.00. The van der Waals surface area contributed by atoms with E-state index in [0.29, 0.717) is 12.1 Å². The van der Waals surface area contributed by atoms with Gasteiger partial charge in [-0.05, 0) is 24.6 Å². The van der Waals surface area contributed by atoms with Crippen LogP contribution in [0.5, 0.6) is 0 Å². The zero-order chi connectivity index (χ0) is 22.6. The molecule has 0 saturated carbocycles. The minimum Gasteiger partial charge on any atom is -0.456 e. The normalized spacial score (nSPS) is 10.1. The van der Waals surface area contributed by atoms with Crippen molar-refractivity contribution < 1.29 is 23.6 Å². The van der Waals surface area contributed by atoms with Crippen molar-refractivity contribution in [3.8, 4) is 6.07 Å². The Morgan fingerprint density at radius 2 is 1.90 bits per heavy atom. The summed E-state index contributed by atoms with van der Waals surface area (Å²) in [4.78, 5) is 35.9. The van der Waals surface area contributed by atoms with Crippen LogP contribution in [0.25, 0.3) is 0 Å². The number of nitro groups is 1. The lowest BCUT2D eigenvalue weighted by Crippen LogP contribution is -2.36. The number of amides is 1. The molecule has 0 fully saturated rings. The Labute approximate surface area is 178 Å². The summed E-state index contributed by atoms with van der Waals surface area (Å²) in [5, 5.41) is 22.6. The van der Waals surface area contributed by atoms with Crippen LogP contribution in [-0.2, 0) is 14.3 Å². The second-order valence-electron chi connectivity index (χ2n) is 6.37. The molecule has 0 spiro atoms. The van der Waals surface area contributed by atoms with E-state index >= 15 is 0 Å². The first-order valence-electron chi connectivity index (χ1n) is 9.48. The molecule has 9 nitrogen and oxygen atoms in total. The third-order valence-corrected chi connectivity index (χ3v) is 4.22. The monoisotopic (exact) mass is 428 g/mol. The van der Waals surface area contributed by atoms with Crippen LogP contribution in [0.4, 0.5) is 21.5 Å². The minimum atomic E-state index is -0.647. The van der Waals surface area contributed by atoms with Crippen LogP contribution in [0.15, 0.2) is 48.5 Å². The number of hydrogen-bond acceptors (Lipinski definition) is 7. The topological polar surface area (TPSA) is 126 Å². The molecule has 0 saturated heterocycles. The van der Waals surface area contributed by atoms with E-state index in [0.717, 1.165) is 4.90 Å². The van der Waals surface area contributed by atoms with E-state index < -0.39 is 29.2 Å². The van der Waals surface area contributed by atoms with Gasteiger partial charge in [0.1, 0.15) is 11.5 Å². The average Bonchev–Trinajstić information content (AvgIpc) is 2.76. The van der Waals surface area contributed by atoms with Crippen LogP contribution in [0.3, 0.4) is 0 Å². The molecule has 0 heterocycles. The molecule has 0 aliphatic heterocycles. The molecular formula is C21H21FN4O5. The fraction of sp³-hybridized carbons (Fsp3) is 0.286. The molecule has 31 heavy (non-hydrogen) atoms. The van der Waals surface area contributed by atoms with Gasteiger partial charge in [0.05, 0.1) is 23.1 Å². The highest BCUT2D eigenvalue weighted by Gasteiger charge is 2.20. The summed E-state index contributed by atoms with van der Waals surface area (Å²) in [6, 6.07) is 13.7. The highest BCUT2D eigenvalue weighted by atomic mass is 19.1.